The molecule has 2 heterocycles. The van der Waals surface area contributed by atoms with E-state index in [1.54, 1.807) is 19.2 Å². The first kappa shape index (κ1) is 21.9. The van der Waals surface area contributed by atoms with Crippen molar-refractivity contribution < 1.29 is 9.47 Å². The number of nitrogens with zero attached hydrogens (tertiary/aromatic N) is 5. The number of likely N-dealkylation sites (N-methyl/N-ethyl adjacent to an activating group) is 1. The van der Waals surface area contributed by atoms with E-state index in [1.807, 2.05) is 42.6 Å². The Kier molecular flexibility index (Phi) is 6.78. The van der Waals surface area contributed by atoms with Crippen LogP contribution in [0.4, 0.5) is 5.95 Å². The fourth-order valence-electron chi connectivity index (χ4n) is 3.26. The monoisotopic (exact) mass is 447 g/mol. The zero-order chi connectivity index (χ0) is 22.5. The second-order valence-electron chi connectivity index (χ2n) is 7.74. The average molecular weight is 448 g/mol. The number of rotatable bonds is 8. The minimum absolute atomic E-state index is 0.370. The molecule has 0 aliphatic carbocycles. The molecule has 0 bridgehead atoms. The zero-order valence-corrected chi connectivity index (χ0v) is 19.2. The second kappa shape index (κ2) is 9.90. The third-order valence-corrected chi connectivity index (χ3v) is 6.31. The first-order valence-electron chi connectivity index (χ1n) is 10.3. The average Bonchev–Trinajstić information content (AvgIpc) is 2.78. The van der Waals surface area contributed by atoms with Crippen molar-refractivity contribution in [2.75, 3.05) is 39.2 Å². The van der Waals surface area contributed by atoms with E-state index in [0.29, 0.717) is 30.0 Å². The molecule has 1 aliphatic rings. The van der Waals surface area contributed by atoms with Crippen molar-refractivity contribution in [1.29, 1.82) is 5.26 Å². The van der Waals surface area contributed by atoms with Crippen molar-refractivity contribution in [2.24, 2.45) is 0 Å². The molecule has 0 radical (unpaired) electrons. The summed E-state index contributed by atoms with van der Waals surface area (Å²) in [5, 5.41) is 9.03. The molecule has 0 saturated carbocycles. The molecular formula is C24H25N5O2S. The number of aromatic nitrogens is 2. The molecule has 7 nitrogen and oxygen atoms in total. The molecule has 0 unspecified atom stereocenters. The van der Waals surface area contributed by atoms with Crippen LogP contribution in [0.3, 0.4) is 0 Å². The zero-order valence-electron chi connectivity index (χ0n) is 18.4. The Labute approximate surface area is 192 Å². The SMILES string of the molecule is COc1cccc(COc2nc(N3CC(N(C)C)C3)ncc2Sc2ccc(C#N)cc2)c1. The van der Waals surface area contributed by atoms with E-state index < -0.39 is 0 Å². The first-order chi connectivity index (χ1) is 15.6. The Balaban J connectivity index is 1.55. The normalized spacial score (nSPS) is 13.5. The van der Waals surface area contributed by atoms with Gasteiger partial charge in [-0.25, -0.2) is 4.98 Å². The number of hydrogen-bond acceptors (Lipinski definition) is 8. The van der Waals surface area contributed by atoms with Gasteiger partial charge in [0, 0.05) is 24.0 Å². The molecular weight excluding hydrogens is 422 g/mol. The van der Waals surface area contributed by atoms with Crippen molar-refractivity contribution in [3.05, 3.63) is 65.9 Å². The van der Waals surface area contributed by atoms with Crippen molar-refractivity contribution >= 4 is 17.7 Å². The molecule has 164 valence electrons. The summed E-state index contributed by atoms with van der Waals surface area (Å²) >= 11 is 1.52. The van der Waals surface area contributed by atoms with Crippen LogP contribution in [-0.2, 0) is 6.61 Å². The molecule has 1 aromatic heterocycles. The molecule has 0 spiro atoms. The largest absolute Gasteiger partial charge is 0.497 e. The quantitative estimate of drug-likeness (QED) is 0.516. The van der Waals surface area contributed by atoms with Crippen molar-refractivity contribution in [2.45, 2.75) is 22.4 Å². The van der Waals surface area contributed by atoms with E-state index in [4.69, 9.17) is 19.7 Å². The van der Waals surface area contributed by atoms with Crippen LogP contribution in [0.25, 0.3) is 0 Å². The highest BCUT2D eigenvalue weighted by atomic mass is 32.2. The summed E-state index contributed by atoms with van der Waals surface area (Å²) in [6, 6.07) is 17.9. The van der Waals surface area contributed by atoms with Gasteiger partial charge in [0.25, 0.3) is 0 Å². The molecule has 2 aromatic carbocycles. The Morgan fingerprint density at radius 2 is 1.97 bits per heavy atom. The topological polar surface area (TPSA) is 74.5 Å². The van der Waals surface area contributed by atoms with Gasteiger partial charge in [-0.15, -0.1) is 0 Å². The van der Waals surface area contributed by atoms with Crippen LogP contribution in [0.5, 0.6) is 11.6 Å². The van der Waals surface area contributed by atoms with E-state index in [9.17, 15) is 0 Å². The van der Waals surface area contributed by atoms with Gasteiger partial charge < -0.3 is 19.3 Å². The van der Waals surface area contributed by atoms with Crippen molar-refractivity contribution in [3.63, 3.8) is 0 Å². The molecule has 8 heteroatoms. The number of hydrogen-bond donors (Lipinski definition) is 0. The highest BCUT2D eigenvalue weighted by molar-refractivity contribution is 7.99. The summed E-state index contributed by atoms with van der Waals surface area (Å²) in [6.07, 6.45) is 1.81. The molecule has 1 saturated heterocycles. The lowest BCUT2D eigenvalue weighted by molar-refractivity contribution is 0.243. The van der Waals surface area contributed by atoms with E-state index in [0.717, 1.165) is 34.2 Å². The van der Waals surface area contributed by atoms with Gasteiger partial charge in [0.1, 0.15) is 12.4 Å². The van der Waals surface area contributed by atoms with Gasteiger partial charge in [0.05, 0.1) is 29.8 Å². The number of nitriles is 1. The Bertz CT molecular complexity index is 1110. The van der Waals surface area contributed by atoms with Crippen LogP contribution in [0.15, 0.2) is 64.5 Å². The van der Waals surface area contributed by atoms with E-state index in [2.05, 4.69) is 34.9 Å². The van der Waals surface area contributed by atoms with Crippen LogP contribution in [0, 0.1) is 11.3 Å². The molecule has 32 heavy (non-hydrogen) atoms. The maximum absolute atomic E-state index is 9.03. The molecule has 3 aromatic rings. The smallest absolute Gasteiger partial charge is 0.232 e. The van der Waals surface area contributed by atoms with Gasteiger partial charge in [0.2, 0.25) is 11.8 Å². The van der Waals surface area contributed by atoms with Crippen LogP contribution in [0.1, 0.15) is 11.1 Å². The fourth-order valence-corrected chi connectivity index (χ4v) is 4.08. The van der Waals surface area contributed by atoms with E-state index >= 15 is 0 Å². The maximum atomic E-state index is 9.03. The van der Waals surface area contributed by atoms with Gasteiger partial charge in [-0.3, -0.25) is 0 Å². The first-order valence-corrected chi connectivity index (χ1v) is 11.1. The lowest BCUT2D eigenvalue weighted by atomic mass is 10.1. The minimum Gasteiger partial charge on any atom is -0.497 e. The molecule has 1 fully saturated rings. The number of anilines is 1. The third-order valence-electron chi connectivity index (χ3n) is 5.31. The fraction of sp³-hybridized carbons (Fsp3) is 0.292. The summed E-state index contributed by atoms with van der Waals surface area (Å²) in [5.74, 6) is 2.00. The molecule has 0 N–H and O–H groups in total. The van der Waals surface area contributed by atoms with Gasteiger partial charge in [-0.05, 0) is 56.1 Å². The highest BCUT2D eigenvalue weighted by Crippen LogP contribution is 2.35. The van der Waals surface area contributed by atoms with Gasteiger partial charge >= 0.3 is 0 Å². The van der Waals surface area contributed by atoms with Crippen LogP contribution >= 0.6 is 11.8 Å². The molecule has 0 atom stereocenters. The van der Waals surface area contributed by atoms with Gasteiger partial charge in [0.15, 0.2) is 0 Å². The van der Waals surface area contributed by atoms with E-state index in [-0.39, 0.29) is 0 Å². The lowest BCUT2D eigenvalue weighted by Crippen LogP contribution is -2.58. The third kappa shape index (κ3) is 5.13. The Hall–Kier alpha value is -3.28. The maximum Gasteiger partial charge on any atom is 0.232 e. The lowest BCUT2D eigenvalue weighted by Gasteiger charge is -2.42. The molecule has 1 aliphatic heterocycles. The van der Waals surface area contributed by atoms with Crippen LogP contribution < -0.4 is 14.4 Å². The second-order valence-corrected chi connectivity index (χ2v) is 8.86. The summed E-state index contributed by atoms with van der Waals surface area (Å²) in [4.78, 5) is 15.5. The predicted molar refractivity (Wildman–Crippen MR) is 124 cm³/mol. The van der Waals surface area contributed by atoms with Crippen LogP contribution in [-0.4, -0.2) is 55.2 Å². The van der Waals surface area contributed by atoms with Gasteiger partial charge in [-0.1, -0.05) is 23.9 Å². The summed E-state index contributed by atoms with van der Waals surface area (Å²) in [5.41, 5.74) is 1.62. The molecule has 0 amide bonds. The van der Waals surface area contributed by atoms with E-state index in [1.165, 1.54) is 11.8 Å². The van der Waals surface area contributed by atoms with Crippen molar-refractivity contribution in [3.8, 4) is 17.7 Å². The highest BCUT2D eigenvalue weighted by Gasteiger charge is 2.30. The van der Waals surface area contributed by atoms with Crippen LogP contribution in [0.2, 0.25) is 0 Å². The summed E-state index contributed by atoms with van der Waals surface area (Å²) in [7, 11) is 5.82. The predicted octanol–water partition coefficient (Wildman–Crippen LogP) is 3.84. The minimum atomic E-state index is 0.370. The summed E-state index contributed by atoms with van der Waals surface area (Å²) in [6.45, 7) is 2.16. The number of methoxy groups -OCH3 is 1. The number of ether oxygens (including phenoxy) is 2. The molecule has 4 rings (SSSR count). The van der Waals surface area contributed by atoms with Crippen molar-refractivity contribution in [1.82, 2.24) is 14.9 Å². The Morgan fingerprint density at radius 1 is 1.19 bits per heavy atom. The Morgan fingerprint density at radius 3 is 2.66 bits per heavy atom. The summed E-state index contributed by atoms with van der Waals surface area (Å²) < 4.78 is 11.5. The standard InChI is InChI=1S/C24H25N5O2S/c1-28(2)19-14-29(15-19)24-26-13-22(32-21-9-7-17(12-25)8-10-21)23(27-24)31-16-18-5-4-6-20(11-18)30-3/h4-11,13,19H,14-16H2,1-3H3. The van der Waals surface area contributed by atoms with Gasteiger partial charge in [-0.2, -0.15) is 10.2 Å². The number of benzene rings is 2.